The van der Waals surface area contributed by atoms with Crippen LogP contribution in [0.15, 0.2) is 24.5 Å². The molecule has 1 saturated heterocycles. The smallest absolute Gasteiger partial charge is 0.303 e. The summed E-state index contributed by atoms with van der Waals surface area (Å²) in [7, 11) is 0. The van der Waals surface area contributed by atoms with Crippen molar-refractivity contribution in [2.45, 2.75) is 19.0 Å². The fourth-order valence-corrected chi connectivity index (χ4v) is 2.81. The maximum Gasteiger partial charge on any atom is 0.303 e. The molecule has 0 radical (unpaired) electrons. The molecule has 3 aromatic rings. The summed E-state index contributed by atoms with van der Waals surface area (Å²) in [6, 6.07) is 3.03. The van der Waals surface area contributed by atoms with Crippen LogP contribution in [0, 0.1) is 0 Å². The van der Waals surface area contributed by atoms with Crippen LogP contribution in [0.2, 0.25) is 5.15 Å². The van der Waals surface area contributed by atoms with Gasteiger partial charge in [-0.15, -0.1) is 5.10 Å². The Bertz CT molecular complexity index is 948. The van der Waals surface area contributed by atoms with Crippen molar-refractivity contribution in [2.75, 3.05) is 18.0 Å². The van der Waals surface area contributed by atoms with Gasteiger partial charge in [0.25, 0.3) is 0 Å². The second-order valence-electron chi connectivity index (χ2n) is 5.89. The maximum absolute atomic E-state index is 13.5. The highest BCUT2D eigenvalue weighted by atomic mass is 35.5. The van der Waals surface area contributed by atoms with Gasteiger partial charge in [-0.1, -0.05) is 11.6 Å². The van der Waals surface area contributed by atoms with E-state index < -0.39 is 17.9 Å². The van der Waals surface area contributed by atoms with Crippen molar-refractivity contribution >= 4 is 28.3 Å². The second kappa shape index (κ2) is 5.55. The molecule has 1 fully saturated rings. The molecule has 0 aliphatic carbocycles. The molecule has 0 unspecified atom stereocenters. The quantitative estimate of drug-likeness (QED) is 0.665. The number of rotatable bonds is 3. The van der Waals surface area contributed by atoms with E-state index in [4.69, 9.17) is 11.6 Å². The van der Waals surface area contributed by atoms with E-state index in [-0.39, 0.29) is 24.1 Å². The molecule has 0 atom stereocenters. The standard InChI is InChI=1S/C15H12ClF3N6/c1-15(18,19)14-20-3-2-12(22-14)25-10-4-11(16)21-5-9(10)13(23-25)24-6-8(17)7-24/h2-5,8H,6-7H2,1H3. The Kier molecular flexibility index (Phi) is 3.57. The van der Waals surface area contributed by atoms with Gasteiger partial charge in [-0.25, -0.2) is 24.0 Å². The summed E-state index contributed by atoms with van der Waals surface area (Å²) in [6.45, 7) is 1.16. The van der Waals surface area contributed by atoms with Crippen LogP contribution in [0.25, 0.3) is 16.7 Å². The number of hydrogen-bond acceptors (Lipinski definition) is 5. The third-order valence-electron chi connectivity index (χ3n) is 3.90. The molecule has 4 rings (SSSR count). The molecule has 0 saturated carbocycles. The fraction of sp³-hybridized carbons (Fsp3) is 0.333. The molecule has 1 aliphatic heterocycles. The lowest BCUT2D eigenvalue weighted by Crippen LogP contribution is -2.48. The Morgan fingerprint density at radius 1 is 1.28 bits per heavy atom. The van der Waals surface area contributed by atoms with Gasteiger partial charge in [0, 0.05) is 31.5 Å². The zero-order chi connectivity index (χ0) is 17.8. The first-order valence-electron chi connectivity index (χ1n) is 7.48. The summed E-state index contributed by atoms with van der Waals surface area (Å²) in [5.74, 6) is -3.11. The molecule has 0 bridgehead atoms. The Morgan fingerprint density at radius 3 is 2.72 bits per heavy atom. The molecule has 1 aliphatic rings. The highest BCUT2D eigenvalue weighted by Gasteiger charge is 2.31. The topological polar surface area (TPSA) is 59.7 Å². The monoisotopic (exact) mass is 368 g/mol. The van der Waals surface area contributed by atoms with Gasteiger partial charge in [0.2, 0.25) is 5.82 Å². The third kappa shape index (κ3) is 2.78. The summed E-state index contributed by atoms with van der Waals surface area (Å²) in [4.78, 5) is 13.3. The van der Waals surface area contributed by atoms with Gasteiger partial charge in [-0.2, -0.15) is 8.78 Å². The van der Waals surface area contributed by atoms with Gasteiger partial charge in [0.05, 0.1) is 24.0 Å². The molecule has 25 heavy (non-hydrogen) atoms. The van der Waals surface area contributed by atoms with Crippen molar-refractivity contribution in [2.24, 2.45) is 0 Å². The van der Waals surface area contributed by atoms with Crippen molar-refractivity contribution < 1.29 is 13.2 Å². The average molecular weight is 369 g/mol. The summed E-state index contributed by atoms with van der Waals surface area (Å²) >= 11 is 5.96. The first kappa shape index (κ1) is 16.1. The van der Waals surface area contributed by atoms with Gasteiger partial charge >= 0.3 is 5.92 Å². The molecule has 130 valence electrons. The minimum absolute atomic E-state index is 0.169. The lowest BCUT2D eigenvalue weighted by Gasteiger charge is -2.34. The number of hydrogen-bond donors (Lipinski definition) is 0. The molecule has 0 spiro atoms. The predicted molar refractivity (Wildman–Crippen MR) is 86.1 cm³/mol. The number of alkyl halides is 3. The zero-order valence-electron chi connectivity index (χ0n) is 13.0. The van der Waals surface area contributed by atoms with Crippen LogP contribution < -0.4 is 4.90 Å². The van der Waals surface area contributed by atoms with Crippen LogP contribution in [0.5, 0.6) is 0 Å². The van der Waals surface area contributed by atoms with E-state index in [0.29, 0.717) is 16.7 Å². The number of nitrogens with zero attached hydrogens (tertiary/aromatic N) is 6. The molecule has 4 heterocycles. The van der Waals surface area contributed by atoms with Crippen molar-refractivity contribution in [3.63, 3.8) is 0 Å². The van der Waals surface area contributed by atoms with Gasteiger partial charge in [-0.3, -0.25) is 0 Å². The molecule has 3 aromatic heterocycles. The zero-order valence-corrected chi connectivity index (χ0v) is 13.8. The lowest BCUT2D eigenvalue weighted by molar-refractivity contribution is 0.00763. The average Bonchev–Trinajstić information content (AvgIpc) is 2.89. The van der Waals surface area contributed by atoms with Crippen LogP contribution in [0.4, 0.5) is 19.0 Å². The van der Waals surface area contributed by atoms with E-state index in [1.807, 2.05) is 0 Å². The first-order chi connectivity index (χ1) is 11.8. The van der Waals surface area contributed by atoms with E-state index >= 15 is 0 Å². The van der Waals surface area contributed by atoms with E-state index in [1.54, 1.807) is 11.0 Å². The van der Waals surface area contributed by atoms with Gasteiger partial charge in [0.1, 0.15) is 11.3 Å². The van der Waals surface area contributed by atoms with Crippen LogP contribution in [0.1, 0.15) is 12.7 Å². The number of pyridine rings is 1. The van der Waals surface area contributed by atoms with Crippen molar-refractivity contribution in [3.8, 4) is 5.82 Å². The SMILES string of the molecule is CC(F)(F)c1nccc(-n2nc(N3CC(F)C3)c3cnc(Cl)cc32)n1. The molecule has 0 N–H and O–H groups in total. The number of anilines is 1. The Morgan fingerprint density at radius 2 is 2.04 bits per heavy atom. The molecule has 10 heteroatoms. The van der Waals surface area contributed by atoms with Crippen molar-refractivity contribution in [3.05, 3.63) is 35.5 Å². The highest BCUT2D eigenvalue weighted by molar-refractivity contribution is 6.30. The van der Waals surface area contributed by atoms with Crippen LogP contribution in [-0.4, -0.2) is 44.0 Å². The molecule has 0 amide bonds. The van der Waals surface area contributed by atoms with Crippen molar-refractivity contribution in [1.82, 2.24) is 24.7 Å². The lowest BCUT2D eigenvalue weighted by atomic mass is 10.2. The Hall–Kier alpha value is -2.42. The van der Waals surface area contributed by atoms with E-state index in [2.05, 4.69) is 20.1 Å². The Labute approximate surface area is 145 Å². The van der Waals surface area contributed by atoms with Gasteiger partial charge in [-0.05, 0) is 0 Å². The van der Waals surface area contributed by atoms with Gasteiger partial charge < -0.3 is 4.90 Å². The minimum atomic E-state index is -3.18. The predicted octanol–water partition coefficient (Wildman–Crippen LogP) is 3.13. The van der Waals surface area contributed by atoms with E-state index in [0.717, 1.165) is 6.92 Å². The molecule has 6 nitrogen and oxygen atoms in total. The highest BCUT2D eigenvalue weighted by Crippen LogP contribution is 2.32. The number of fused-ring (bicyclic) bond motifs is 1. The van der Waals surface area contributed by atoms with Crippen molar-refractivity contribution in [1.29, 1.82) is 0 Å². The summed E-state index contributed by atoms with van der Waals surface area (Å²) in [6.07, 6.45) is 1.86. The first-order valence-corrected chi connectivity index (χ1v) is 7.86. The van der Waals surface area contributed by atoms with E-state index in [1.165, 1.54) is 23.1 Å². The molecule has 0 aromatic carbocycles. The van der Waals surface area contributed by atoms with E-state index in [9.17, 15) is 13.2 Å². The second-order valence-corrected chi connectivity index (χ2v) is 6.28. The summed E-state index contributed by atoms with van der Waals surface area (Å²) < 4.78 is 41.7. The van der Waals surface area contributed by atoms with Crippen LogP contribution >= 0.6 is 11.6 Å². The number of aromatic nitrogens is 5. The maximum atomic E-state index is 13.5. The third-order valence-corrected chi connectivity index (χ3v) is 4.11. The molecular weight excluding hydrogens is 357 g/mol. The van der Waals surface area contributed by atoms with Gasteiger partial charge in [0.15, 0.2) is 11.6 Å². The Balaban J connectivity index is 1.88. The number of halogens is 4. The van der Waals surface area contributed by atoms with Crippen LogP contribution in [-0.2, 0) is 5.92 Å². The normalized spacial score (nSPS) is 15.6. The van der Waals surface area contributed by atoms with Crippen LogP contribution in [0.3, 0.4) is 0 Å². The molecular formula is C15H12ClF3N6. The minimum Gasteiger partial charge on any atom is -0.349 e. The summed E-state index contributed by atoms with van der Waals surface area (Å²) in [5, 5.41) is 5.29. The largest absolute Gasteiger partial charge is 0.349 e. The fourth-order valence-electron chi connectivity index (χ4n) is 2.65. The summed E-state index contributed by atoms with van der Waals surface area (Å²) in [5.41, 5.74) is 0.543.